The zero-order valence-electron chi connectivity index (χ0n) is 28.4. The summed E-state index contributed by atoms with van der Waals surface area (Å²) in [5.41, 5.74) is 9.53. The number of benzene rings is 5. The largest absolute Gasteiger partial charge is 0.307 e. The lowest BCUT2D eigenvalue weighted by molar-refractivity contribution is 0.895. The highest BCUT2D eigenvalue weighted by Gasteiger charge is 2.26. The van der Waals surface area contributed by atoms with E-state index in [1.165, 1.54) is 5.39 Å². The molecule has 0 spiro atoms. The van der Waals surface area contributed by atoms with Crippen molar-refractivity contribution < 1.29 is 0 Å². The van der Waals surface area contributed by atoms with Crippen LogP contribution in [0.1, 0.15) is 31.4 Å². The fourth-order valence-corrected chi connectivity index (χ4v) is 7.39. The summed E-state index contributed by atoms with van der Waals surface area (Å²) in [6.07, 6.45) is 16.1. The first kappa shape index (κ1) is 30.5. The Morgan fingerprint density at radius 1 is 0.706 bits per heavy atom. The summed E-state index contributed by atoms with van der Waals surface area (Å²) in [5.74, 6) is 1.79. The minimum Gasteiger partial charge on any atom is -0.307 e. The van der Waals surface area contributed by atoms with Gasteiger partial charge in [-0.3, -0.25) is 4.57 Å². The molecule has 1 aliphatic carbocycles. The normalized spacial score (nSPS) is 13.4. The van der Waals surface area contributed by atoms with Crippen LogP contribution in [-0.2, 0) is 0 Å². The summed E-state index contributed by atoms with van der Waals surface area (Å²) < 4.78 is 4.65. The van der Waals surface area contributed by atoms with Gasteiger partial charge in [-0.25, -0.2) is 4.98 Å². The third-order valence-corrected chi connectivity index (χ3v) is 9.68. The maximum atomic E-state index is 5.29. The molecule has 0 unspecified atom stereocenters. The van der Waals surface area contributed by atoms with Gasteiger partial charge in [0.05, 0.1) is 22.1 Å². The average molecular weight is 658 g/mol. The number of para-hydroxylation sites is 3. The van der Waals surface area contributed by atoms with E-state index >= 15 is 0 Å². The Morgan fingerprint density at radius 3 is 2.16 bits per heavy atom. The molecule has 0 N–H and O–H groups in total. The molecule has 0 bridgehead atoms. The van der Waals surface area contributed by atoms with Crippen LogP contribution in [0.25, 0.3) is 77.5 Å². The smallest absolute Gasteiger partial charge is 0.238 e. The van der Waals surface area contributed by atoms with Crippen molar-refractivity contribution in [2.75, 3.05) is 0 Å². The first-order chi connectivity index (χ1) is 25.2. The monoisotopic (exact) mass is 657 g/mol. The number of hydrogen-bond acceptors (Lipinski definition) is 3. The van der Waals surface area contributed by atoms with E-state index in [4.69, 9.17) is 15.0 Å². The van der Waals surface area contributed by atoms with Gasteiger partial charge in [0, 0.05) is 32.8 Å². The molecule has 8 aromatic rings. The lowest BCUT2D eigenvalue weighted by Gasteiger charge is -2.15. The van der Waals surface area contributed by atoms with Crippen LogP contribution in [0, 0.1) is 0 Å². The molecule has 3 heterocycles. The van der Waals surface area contributed by atoms with Crippen molar-refractivity contribution in [2.24, 2.45) is 0 Å². The summed E-state index contributed by atoms with van der Waals surface area (Å²) >= 11 is 0. The number of hydrogen-bond donors (Lipinski definition) is 0. The molecule has 0 atom stereocenters. The van der Waals surface area contributed by atoms with E-state index in [1.807, 2.05) is 31.2 Å². The number of allylic oxidation sites excluding steroid dienone is 9. The third kappa shape index (κ3) is 5.13. The minimum atomic E-state index is 0.552. The maximum Gasteiger partial charge on any atom is 0.238 e. The van der Waals surface area contributed by atoms with Gasteiger partial charge in [-0.2, -0.15) is 9.97 Å². The molecular weight excluding hydrogens is 623 g/mol. The van der Waals surface area contributed by atoms with Gasteiger partial charge in [0.2, 0.25) is 5.95 Å². The van der Waals surface area contributed by atoms with Crippen LogP contribution in [0.15, 0.2) is 164 Å². The van der Waals surface area contributed by atoms with Gasteiger partial charge in [-0.15, -0.1) is 0 Å². The number of fused-ring (bicyclic) bond motifs is 7. The van der Waals surface area contributed by atoms with Gasteiger partial charge >= 0.3 is 0 Å². The third-order valence-electron chi connectivity index (χ3n) is 9.68. The first-order valence-corrected chi connectivity index (χ1v) is 17.4. The van der Waals surface area contributed by atoms with Crippen molar-refractivity contribution in [3.63, 3.8) is 0 Å². The van der Waals surface area contributed by atoms with E-state index in [-0.39, 0.29) is 0 Å². The zero-order valence-corrected chi connectivity index (χ0v) is 28.4. The van der Waals surface area contributed by atoms with Crippen LogP contribution in [0.5, 0.6) is 0 Å². The van der Waals surface area contributed by atoms with Crippen molar-refractivity contribution in [2.45, 2.75) is 19.8 Å². The molecule has 0 radical (unpaired) electrons. The van der Waals surface area contributed by atoms with Crippen molar-refractivity contribution in [1.82, 2.24) is 24.1 Å². The number of rotatable bonds is 7. The average Bonchev–Trinajstić information content (AvgIpc) is 3.72. The second kappa shape index (κ2) is 12.7. The van der Waals surface area contributed by atoms with E-state index in [0.29, 0.717) is 17.6 Å². The molecule has 244 valence electrons. The fraction of sp³-hybridized carbons (Fsp3) is 0.0652. The van der Waals surface area contributed by atoms with E-state index in [2.05, 4.69) is 149 Å². The molecule has 5 aromatic carbocycles. The Labute approximate surface area is 296 Å². The molecule has 0 amide bonds. The molecule has 1 aliphatic rings. The fourth-order valence-electron chi connectivity index (χ4n) is 7.39. The van der Waals surface area contributed by atoms with Gasteiger partial charge < -0.3 is 4.57 Å². The molecule has 0 aliphatic heterocycles. The molecule has 5 heteroatoms. The first-order valence-electron chi connectivity index (χ1n) is 17.4. The van der Waals surface area contributed by atoms with Gasteiger partial charge in [-0.05, 0) is 66.8 Å². The van der Waals surface area contributed by atoms with Crippen molar-refractivity contribution >= 4 is 54.8 Å². The predicted octanol–water partition coefficient (Wildman–Crippen LogP) is 11.6. The quantitative estimate of drug-likeness (QED) is 0.160. The van der Waals surface area contributed by atoms with Gasteiger partial charge in [0.25, 0.3) is 0 Å². The van der Waals surface area contributed by atoms with Crippen LogP contribution in [0.3, 0.4) is 0 Å². The molecule has 9 rings (SSSR count). The molecule has 51 heavy (non-hydrogen) atoms. The SMILES string of the molecule is C=C(/C=C\C=C/C)c1nc(C2=CC=CCC2)nc(-n2c3ccccc3c3c(-c4ccccc4)cc4c5ccccc5n(-c5ccccc5)c4c32)n1. The topological polar surface area (TPSA) is 48.5 Å². The molecule has 0 fully saturated rings. The van der Waals surface area contributed by atoms with Crippen molar-refractivity contribution in [3.8, 4) is 22.8 Å². The Kier molecular flexibility index (Phi) is 7.59. The standard InChI is InChI=1S/C46H35N5/c1-3-4-8-19-31(2)44-47-45(33-22-11-6-12-23-33)49-46(48-44)51-40-29-18-16-27-36(40)41-37(32-20-9-5-10-21-32)30-38-35-26-15-17-28-39(35)50(42(38)43(41)51)34-24-13-7-14-25-34/h3-11,13-22,24-30H,2,12,23H2,1H3/b4-3-,19-8-. The highest BCUT2D eigenvalue weighted by molar-refractivity contribution is 6.28. The van der Waals surface area contributed by atoms with E-state index in [0.717, 1.165) is 79.0 Å². The molecule has 3 aromatic heterocycles. The summed E-state index contributed by atoms with van der Waals surface area (Å²) in [6.45, 7) is 6.39. The summed E-state index contributed by atoms with van der Waals surface area (Å²) in [6, 6.07) is 41.0. The molecule has 5 nitrogen and oxygen atoms in total. The van der Waals surface area contributed by atoms with Gasteiger partial charge in [0.1, 0.15) is 0 Å². The van der Waals surface area contributed by atoms with Crippen LogP contribution < -0.4 is 0 Å². The summed E-state index contributed by atoms with van der Waals surface area (Å²) in [7, 11) is 0. The zero-order chi connectivity index (χ0) is 34.3. The lowest BCUT2D eigenvalue weighted by Crippen LogP contribution is -2.10. The molecular formula is C46H35N5. The Bertz CT molecular complexity index is 2760. The minimum absolute atomic E-state index is 0.552. The van der Waals surface area contributed by atoms with Crippen LogP contribution in [-0.4, -0.2) is 24.1 Å². The lowest BCUT2D eigenvalue weighted by atomic mass is 9.96. The highest BCUT2D eigenvalue weighted by Crippen LogP contribution is 2.46. The van der Waals surface area contributed by atoms with E-state index in [1.54, 1.807) is 0 Å². The highest BCUT2D eigenvalue weighted by atomic mass is 15.2. The maximum absolute atomic E-state index is 5.29. The summed E-state index contributed by atoms with van der Waals surface area (Å²) in [5, 5.41) is 4.64. The van der Waals surface area contributed by atoms with E-state index in [9.17, 15) is 0 Å². The Morgan fingerprint density at radius 2 is 1.41 bits per heavy atom. The van der Waals surface area contributed by atoms with Crippen molar-refractivity contribution in [1.29, 1.82) is 0 Å². The van der Waals surface area contributed by atoms with Crippen LogP contribution in [0.4, 0.5) is 0 Å². The number of nitrogens with zero attached hydrogens (tertiary/aromatic N) is 5. The second-order valence-corrected chi connectivity index (χ2v) is 12.8. The molecule has 0 saturated heterocycles. The van der Waals surface area contributed by atoms with Crippen LogP contribution >= 0.6 is 0 Å². The predicted molar refractivity (Wildman–Crippen MR) is 213 cm³/mol. The number of aromatic nitrogens is 5. The second-order valence-electron chi connectivity index (χ2n) is 12.8. The molecule has 0 saturated carbocycles. The van der Waals surface area contributed by atoms with Gasteiger partial charge in [-0.1, -0.05) is 134 Å². The van der Waals surface area contributed by atoms with Gasteiger partial charge in [0.15, 0.2) is 11.6 Å². The van der Waals surface area contributed by atoms with Crippen LogP contribution in [0.2, 0.25) is 0 Å². The van der Waals surface area contributed by atoms with Crippen molar-refractivity contribution in [3.05, 3.63) is 176 Å². The Balaban J connectivity index is 1.49. The Hall–Kier alpha value is -6.59. The summed E-state index contributed by atoms with van der Waals surface area (Å²) in [4.78, 5) is 15.5. The van der Waals surface area contributed by atoms with E-state index < -0.39 is 0 Å².